The molecule has 3 heteroatoms. The molecule has 0 amide bonds. The molecule has 2 N–H and O–H groups in total. The molecule has 0 saturated carbocycles. The molecular formula is C6H15NO2. The van der Waals surface area contributed by atoms with E-state index in [0.717, 1.165) is 6.54 Å². The molecule has 0 aliphatic carbocycles. The van der Waals surface area contributed by atoms with E-state index in [4.69, 9.17) is 9.84 Å². The predicted octanol–water partition coefficient (Wildman–Crippen LogP) is -0.397. The second-order valence-electron chi connectivity index (χ2n) is 1.92. The fourth-order valence-corrected chi connectivity index (χ4v) is 0.562. The molecule has 9 heavy (non-hydrogen) atoms. The van der Waals surface area contributed by atoms with Crippen LogP contribution in [0.5, 0.6) is 0 Å². The highest BCUT2D eigenvalue weighted by atomic mass is 16.5. The van der Waals surface area contributed by atoms with Crippen LogP contribution in [0.1, 0.15) is 6.92 Å². The van der Waals surface area contributed by atoms with Crippen molar-refractivity contribution in [2.45, 2.75) is 13.0 Å². The molecule has 0 aromatic carbocycles. The first-order valence-electron chi connectivity index (χ1n) is 3.19. The van der Waals surface area contributed by atoms with Gasteiger partial charge in [-0.15, -0.1) is 0 Å². The van der Waals surface area contributed by atoms with Crippen LogP contribution in [0.25, 0.3) is 0 Å². The molecule has 0 radical (unpaired) electrons. The predicted molar refractivity (Wildman–Crippen MR) is 36.4 cm³/mol. The zero-order valence-electron chi connectivity index (χ0n) is 6.05. The van der Waals surface area contributed by atoms with E-state index in [2.05, 4.69) is 5.32 Å². The third-order valence-corrected chi connectivity index (χ3v) is 0.989. The molecular weight excluding hydrogens is 118 g/mol. The maximum absolute atomic E-state index is 8.99. The number of hydrogen-bond acceptors (Lipinski definition) is 3. The van der Waals surface area contributed by atoms with Gasteiger partial charge in [0.25, 0.3) is 0 Å². The summed E-state index contributed by atoms with van der Waals surface area (Å²) >= 11 is 0. The van der Waals surface area contributed by atoms with Gasteiger partial charge < -0.3 is 15.2 Å². The van der Waals surface area contributed by atoms with Gasteiger partial charge in [-0.05, 0) is 6.54 Å². The summed E-state index contributed by atoms with van der Waals surface area (Å²) in [7, 11) is 1.58. The molecule has 0 aromatic heterocycles. The van der Waals surface area contributed by atoms with Crippen molar-refractivity contribution in [2.24, 2.45) is 0 Å². The van der Waals surface area contributed by atoms with Gasteiger partial charge in [-0.3, -0.25) is 0 Å². The summed E-state index contributed by atoms with van der Waals surface area (Å²) in [4.78, 5) is 0. The quantitative estimate of drug-likeness (QED) is 0.536. The summed E-state index contributed by atoms with van der Waals surface area (Å²) in [6.07, 6.45) is -0.366. The molecule has 0 rings (SSSR count). The van der Waals surface area contributed by atoms with E-state index in [-0.39, 0.29) is 6.10 Å². The number of hydrogen-bond donors (Lipinski definition) is 2. The number of aliphatic hydroxyl groups excluding tert-OH is 1. The van der Waals surface area contributed by atoms with Crippen molar-refractivity contribution in [2.75, 3.05) is 26.8 Å². The van der Waals surface area contributed by atoms with Crippen LogP contribution in [0, 0.1) is 0 Å². The number of nitrogens with one attached hydrogen (secondary N) is 1. The fourth-order valence-electron chi connectivity index (χ4n) is 0.562. The maximum Gasteiger partial charge on any atom is 0.0897 e. The van der Waals surface area contributed by atoms with Crippen LogP contribution in [0.4, 0.5) is 0 Å². The summed E-state index contributed by atoms with van der Waals surface area (Å²) in [6, 6.07) is 0. The Kier molecular flexibility index (Phi) is 5.93. The summed E-state index contributed by atoms with van der Waals surface area (Å²) in [6.45, 7) is 3.91. The van der Waals surface area contributed by atoms with Crippen LogP contribution >= 0.6 is 0 Å². The van der Waals surface area contributed by atoms with Crippen molar-refractivity contribution >= 4 is 0 Å². The summed E-state index contributed by atoms with van der Waals surface area (Å²) < 4.78 is 4.71. The first-order chi connectivity index (χ1) is 4.31. The molecule has 0 spiro atoms. The maximum atomic E-state index is 8.99. The van der Waals surface area contributed by atoms with Gasteiger partial charge in [-0.25, -0.2) is 0 Å². The van der Waals surface area contributed by atoms with E-state index in [1.165, 1.54) is 0 Å². The van der Waals surface area contributed by atoms with E-state index in [1.54, 1.807) is 7.11 Å². The third kappa shape index (κ3) is 5.76. The van der Waals surface area contributed by atoms with Crippen LogP contribution in [0.15, 0.2) is 0 Å². The second kappa shape index (κ2) is 6.01. The highest BCUT2D eigenvalue weighted by molar-refractivity contribution is 4.55. The highest BCUT2D eigenvalue weighted by Gasteiger charge is 1.99. The highest BCUT2D eigenvalue weighted by Crippen LogP contribution is 1.79. The van der Waals surface area contributed by atoms with Crippen LogP contribution in [-0.2, 0) is 4.74 Å². The fraction of sp³-hybridized carbons (Fsp3) is 1.00. The minimum Gasteiger partial charge on any atom is -0.389 e. The summed E-state index contributed by atoms with van der Waals surface area (Å²) in [5.41, 5.74) is 0. The molecule has 56 valence electrons. The van der Waals surface area contributed by atoms with Crippen LogP contribution in [0.2, 0.25) is 0 Å². The van der Waals surface area contributed by atoms with Gasteiger partial charge in [-0.2, -0.15) is 0 Å². The normalized spacial score (nSPS) is 13.7. The summed E-state index contributed by atoms with van der Waals surface area (Å²) in [5.74, 6) is 0. The van der Waals surface area contributed by atoms with Gasteiger partial charge in [-0.1, -0.05) is 6.92 Å². The molecule has 0 fully saturated rings. The standard InChI is InChI=1S/C6H15NO2/c1-3-7-4-6(8)5-9-2/h6-8H,3-5H2,1-2H3/t6-/m0/s1. The Morgan fingerprint density at radius 3 is 2.78 bits per heavy atom. The Hall–Kier alpha value is -0.120. The van der Waals surface area contributed by atoms with Crippen LogP contribution in [0.3, 0.4) is 0 Å². The smallest absolute Gasteiger partial charge is 0.0897 e. The van der Waals surface area contributed by atoms with Crippen molar-refractivity contribution in [3.8, 4) is 0 Å². The van der Waals surface area contributed by atoms with E-state index in [1.807, 2.05) is 6.92 Å². The van der Waals surface area contributed by atoms with E-state index in [0.29, 0.717) is 13.2 Å². The molecule has 0 saturated heterocycles. The molecule has 0 bridgehead atoms. The van der Waals surface area contributed by atoms with E-state index >= 15 is 0 Å². The van der Waals surface area contributed by atoms with Gasteiger partial charge in [0.1, 0.15) is 0 Å². The lowest BCUT2D eigenvalue weighted by atomic mass is 10.4. The first kappa shape index (κ1) is 8.88. The van der Waals surface area contributed by atoms with Gasteiger partial charge in [0.05, 0.1) is 12.7 Å². The second-order valence-corrected chi connectivity index (χ2v) is 1.92. The minimum absolute atomic E-state index is 0.366. The lowest BCUT2D eigenvalue weighted by Crippen LogP contribution is -2.29. The minimum atomic E-state index is -0.366. The Labute approximate surface area is 56.0 Å². The third-order valence-electron chi connectivity index (χ3n) is 0.989. The average Bonchev–Trinajstić information content (AvgIpc) is 1.85. The molecule has 3 nitrogen and oxygen atoms in total. The Balaban J connectivity index is 2.95. The van der Waals surface area contributed by atoms with Crippen molar-refractivity contribution in [1.29, 1.82) is 0 Å². The van der Waals surface area contributed by atoms with Gasteiger partial charge in [0.15, 0.2) is 0 Å². The lowest BCUT2D eigenvalue weighted by Gasteiger charge is -2.08. The number of likely N-dealkylation sites (N-methyl/N-ethyl adjacent to an activating group) is 1. The Morgan fingerprint density at radius 2 is 2.33 bits per heavy atom. The molecule has 0 heterocycles. The number of aliphatic hydroxyl groups is 1. The molecule has 0 aliphatic rings. The zero-order valence-corrected chi connectivity index (χ0v) is 6.05. The number of ether oxygens (including phenoxy) is 1. The van der Waals surface area contributed by atoms with Crippen LogP contribution < -0.4 is 5.32 Å². The van der Waals surface area contributed by atoms with E-state index < -0.39 is 0 Å². The SMILES string of the molecule is CCNC[C@H](O)COC. The zero-order chi connectivity index (χ0) is 7.11. The van der Waals surface area contributed by atoms with Gasteiger partial charge >= 0.3 is 0 Å². The Morgan fingerprint density at radius 1 is 1.67 bits per heavy atom. The van der Waals surface area contributed by atoms with Gasteiger partial charge in [0.2, 0.25) is 0 Å². The van der Waals surface area contributed by atoms with Gasteiger partial charge in [0, 0.05) is 13.7 Å². The molecule has 1 atom stereocenters. The monoisotopic (exact) mass is 133 g/mol. The average molecular weight is 133 g/mol. The largest absolute Gasteiger partial charge is 0.389 e. The molecule has 0 aromatic rings. The first-order valence-corrected chi connectivity index (χ1v) is 3.19. The van der Waals surface area contributed by atoms with Crippen molar-refractivity contribution in [3.63, 3.8) is 0 Å². The molecule has 0 unspecified atom stereocenters. The Bertz CT molecular complexity index is 59.0. The number of rotatable bonds is 5. The van der Waals surface area contributed by atoms with Crippen molar-refractivity contribution in [3.05, 3.63) is 0 Å². The van der Waals surface area contributed by atoms with Crippen molar-refractivity contribution in [1.82, 2.24) is 5.32 Å². The molecule has 0 aliphatic heterocycles. The van der Waals surface area contributed by atoms with E-state index in [9.17, 15) is 0 Å². The topological polar surface area (TPSA) is 41.5 Å². The van der Waals surface area contributed by atoms with Crippen molar-refractivity contribution < 1.29 is 9.84 Å². The summed E-state index contributed by atoms with van der Waals surface area (Å²) in [5, 5.41) is 12.0. The van der Waals surface area contributed by atoms with Crippen LogP contribution in [-0.4, -0.2) is 38.0 Å². The lowest BCUT2D eigenvalue weighted by molar-refractivity contribution is 0.0649. The number of methoxy groups -OCH3 is 1.